The van der Waals surface area contributed by atoms with Gasteiger partial charge < -0.3 is 5.32 Å². The maximum absolute atomic E-state index is 12.9. The van der Waals surface area contributed by atoms with Gasteiger partial charge in [-0.3, -0.25) is 4.79 Å². The molecule has 0 bridgehead atoms. The highest BCUT2D eigenvalue weighted by Gasteiger charge is 2.11. The van der Waals surface area contributed by atoms with E-state index < -0.39 is 0 Å². The molecular formula is C12H9BrFNOS. The van der Waals surface area contributed by atoms with Crippen molar-refractivity contribution in [2.75, 3.05) is 5.32 Å². The minimum atomic E-state index is -0.369. The summed E-state index contributed by atoms with van der Waals surface area (Å²) in [5, 5.41) is 2.65. The van der Waals surface area contributed by atoms with Gasteiger partial charge in [-0.2, -0.15) is 0 Å². The lowest BCUT2D eigenvalue weighted by Gasteiger charge is -2.02. The molecule has 0 saturated carbocycles. The summed E-state index contributed by atoms with van der Waals surface area (Å²) in [5.74, 6) is -0.597. The van der Waals surface area contributed by atoms with E-state index in [-0.39, 0.29) is 11.7 Å². The van der Waals surface area contributed by atoms with Crippen molar-refractivity contribution in [3.05, 3.63) is 50.4 Å². The fourth-order valence-electron chi connectivity index (χ4n) is 1.33. The summed E-state index contributed by atoms with van der Waals surface area (Å²) >= 11 is 4.72. The van der Waals surface area contributed by atoms with E-state index in [4.69, 9.17) is 0 Å². The fourth-order valence-corrected chi connectivity index (χ4v) is 2.76. The van der Waals surface area contributed by atoms with Crippen molar-refractivity contribution in [1.29, 1.82) is 0 Å². The van der Waals surface area contributed by atoms with Crippen LogP contribution in [0.25, 0.3) is 0 Å². The van der Waals surface area contributed by atoms with E-state index in [1.807, 2.05) is 6.92 Å². The van der Waals surface area contributed by atoms with Crippen LogP contribution in [0.2, 0.25) is 0 Å². The van der Waals surface area contributed by atoms with Gasteiger partial charge in [0, 0.05) is 5.69 Å². The quantitative estimate of drug-likeness (QED) is 0.884. The highest BCUT2D eigenvalue weighted by molar-refractivity contribution is 9.11. The molecule has 17 heavy (non-hydrogen) atoms. The molecule has 5 heteroatoms. The number of hydrogen-bond donors (Lipinski definition) is 1. The number of hydrogen-bond acceptors (Lipinski definition) is 2. The van der Waals surface area contributed by atoms with Crippen LogP contribution >= 0.6 is 27.3 Å². The second-order valence-corrected chi connectivity index (χ2v) is 5.90. The molecule has 0 fully saturated rings. The van der Waals surface area contributed by atoms with Crippen LogP contribution in [0.15, 0.2) is 34.1 Å². The van der Waals surface area contributed by atoms with Gasteiger partial charge in [0.15, 0.2) is 0 Å². The first-order valence-electron chi connectivity index (χ1n) is 4.89. The summed E-state index contributed by atoms with van der Waals surface area (Å²) in [6.45, 7) is 1.92. The van der Waals surface area contributed by atoms with Gasteiger partial charge in [0.05, 0.1) is 8.66 Å². The third-order valence-electron chi connectivity index (χ3n) is 2.16. The average molecular weight is 314 g/mol. The molecule has 88 valence electrons. The van der Waals surface area contributed by atoms with Crippen molar-refractivity contribution in [2.24, 2.45) is 0 Å². The Hall–Kier alpha value is -1.20. The van der Waals surface area contributed by atoms with Gasteiger partial charge >= 0.3 is 0 Å². The lowest BCUT2D eigenvalue weighted by molar-refractivity contribution is 0.103. The molecule has 1 aromatic heterocycles. The van der Waals surface area contributed by atoms with Crippen LogP contribution in [0.4, 0.5) is 10.1 Å². The van der Waals surface area contributed by atoms with Gasteiger partial charge in [0.25, 0.3) is 5.91 Å². The molecule has 2 nitrogen and oxygen atoms in total. The lowest BCUT2D eigenvalue weighted by Crippen LogP contribution is -2.10. The maximum Gasteiger partial charge on any atom is 0.265 e. The molecule has 0 aliphatic heterocycles. The van der Waals surface area contributed by atoms with Crippen LogP contribution < -0.4 is 5.32 Å². The molecule has 0 atom stereocenters. The number of amides is 1. The monoisotopic (exact) mass is 313 g/mol. The Morgan fingerprint density at radius 2 is 2.18 bits per heavy atom. The Morgan fingerprint density at radius 3 is 2.76 bits per heavy atom. The first kappa shape index (κ1) is 12.3. The van der Waals surface area contributed by atoms with Crippen LogP contribution in [0.3, 0.4) is 0 Å². The Balaban J connectivity index is 2.17. The van der Waals surface area contributed by atoms with Crippen molar-refractivity contribution in [2.45, 2.75) is 6.92 Å². The van der Waals surface area contributed by atoms with E-state index in [2.05, 4.69) is 21.2 Å². The van der Waals surface area contributed by atoms with Gasteiger partial charge in [-0.25, -0.2) is 4.39 Å². The van der Waals surface area contributed by atoms with E-state index >= 15 is 0 Å². The number of benzene rings is 1. The molecule has 1 aromatic carbocycles. The first-order chi connectivity index (χ1) is 8.06. The number of halogens is 2. The second kappa shape index (κ2) is 4.98. The lowest BCUT2D eigenvalue weighted by atomic mass is 10.3. The molecular weight excluding hydrogens is 305 g/mol. The first-order valence-corrected chi connectivity index (χ1v) is 6.50. The van der Waals surface area contributed by atoms with Gasteiger partial charge in [-0.15, -0.1) is 11.3 Å². The molecule has 0 radical (unpaired) electrons. The predicted molar refractivity (Wildman–Crippen MR) is 71.1 cm³/mol. The largest absolute Gasteiger partial charge is 0.321 e. The Morgan fingerprint density at radius 1 is 1.41 bits per heavy atom. The SMILES string of the molecule is Cc1cc(C(=O)Nc2cccc(F)c2)sc1Br. The van der Waals surface area contributed by atoms with Crippen molar-refractivity contribution in [1.82, 2.24) is 0 Å². The summed E-state index contributed by atoms with van der Waals surface area (Å²) in [4.78, 5) is 12.4. The molecule has 0 unspecified atom stereocenters. The molecule has 1 amide bonds. The van der Waals surface area contributed by atoms with Gasteiger partial charge in [-0.05, 0) is 52.7 Å². The Kier molecular flexibility index (Phi) is 3.59. The molecule has 1 N–H and O–H groups in total. The third-order valence-corrected chi connectivity index (χ3v) is 4.30. The number of thiophene rings is 1. The van der Waals surface area contributed by atoms with E-state index in [0.717, 1.165) is 9.35 Å². The van der Waals surface area contributed by atoms with Gasteiger partial charge in [0.2, 0.25) is 0 Å². The van der Waals surface area contributed by atoms with Crippen LogP contribution in [0.5, 0.6) is 0 Å². The Bertz CT molecular complexity index is 548. The molecule has 0 aliphatic carbocycles. The van der Waals surface area contributed by atoms with E-state index in [0.29, 0.717) is 10.6 Å². The third kappa shape index (κ3) is 2.92. The summed E-state index contributed by atoms with van der Waals surface area (Å²) in [5.41, 5.74) is 1.47. The van der Waals surface area contributed by atoms with E-state index in [1.165, 1.54) is 23.5 Å². The van der Waals surface area contributed by atoms with Gasteiger partial charge in [0.1, 0.15) is 5.82 Å². The molecule has 1 heterocycles. The summed E-state index contributed by atoms with van der Waals surface area (Å²) in [7, 11) is 0. The summed E-state index contributed by atoms with van der Waals surface area (Å²) in [6, 6.07) is 7.62. The normalized spacial score (nSPS) is 10.3. The topological polar surface area (TPSA) is 29.1 Å². The van der Waals surface area contributed by atoms with Crippen LogP contribution in [-0.2, 0) is 0 Å². The van der Waals surface area contributed by atoms with E-state index in [1.54, 1.807) is 18.2 Å². The second-order valence-electron chi connectivity index (χ2n) is 3.53. The number of carbonyl (C=O) groups excluding carboxylic acids is 1. The van der Waals surface area contributed by atoms with Crippen molar-refractivity contribution >= 4 is 38.9 Å². The zero-order valence-corrected chi connectivity index (χ0v) is 11.4. The molecule has 0 saturated heterocycles. The highest BCUT2D eigenvalue weighted by Crippen LogP contribution is 2.27. The molecule has 0 spiro atoms. The van der Waals surface area contributed by atoms with E-state index in [9.17, 15) is 9.18 Å². The number of nitrogens with one attached hydrogen (secondary N) is 1. The minimum Gasteiger partial charge on any atom is -0.321 e. The van der Waals surface area contributed by atoms with Crippen molar-refractivity contribution in [3.8, 4) is 0 Å². The number of rotatable bonds is 2. The van der Waals surface area contributed by atoms with Crippen molar-refractivity contribution in [3.63, 3.8) is 0 Å². The number of aryl methyl sites for hydroxylation is 1. The maximum atomic E-state index is 12.9. The predicted octanol–water partition coefficient (Wildman–Crippen LogP) is 4.21. The Labute approximate surface area is 111 Å². The minimum absolute atomic E-state index is 0.227. The standard InChI is InChI=1S/C12H9BrFNOS/c1-7-5-10(17-11(7)13)12(16)15-9-4-2-3-8(14)6-9/h2-6H,1H3,(H,15,16). The number of carbonyl (C=O) groups is 1. The summed E-state index contributed by atoms with van der Waals surface area (Å²) in [6.07, 6.45) is 0. The summed E-state index contributed by atoms with van der Waals surface area (Å²) < 4.78 is 13.9. The van der Waals surface area contributed by atoms with Crippen molar-refractivity contribution < 1.29 is 9.18 Å². The molecule has 2 aromatic rings. The molecule has 0 aliphatic rings. The fraction of sp³-hybridized carbons (Fsp3) is 0.0833. The molecule has 2 rings (SSSR count). The van der Waals surface area contributed by atoms with Gasteiger partial charge in [-0.1, -0.05) is 6.07 Å². The smallest absolute Gasteiger partial charge is 0.265 e. The van der Waals surface area contributed by atoms with Crippen LogP contribution in [0.1, 0.15) is 15.2 Å². The average Bonchev–Trinajstić information content (AvgIpc) is 2.59. The highest BCUT2D eigenvalue weighted by atomic mass is 79.9. The zero-order chi connectivity index (χ0) is 12.4. The van der Waals surface area contributed by atoms with Crippen LogP contribution in [0, 0.1) is 12.7 Å². The number of anilines is 1. The van der Waals surface area contributed by atoms with Crippen LogP contribution in [-0.4, -0.2) is 5.91 Å². The zero-order valence-electron chi connectivity index (χ0n) is 8.96.